The molecule has 0 radical (unpaired) electrons. The molecule has 1 saturated carbocycles. The molecule has 2 aromatic heterocycles. The topological polar surface area (TPSA) is 115 Å². The van der Waals surface area contributed by atoms with Gasteiger partial charge in [-0.15, -0.1) is 0 Å². The van der Waals surface area contributed by atoms with E-state index in [2.05, 4.69) is 51.4 Å². The van der Waals surface area contributed by atoms with Crippen molar-refractivity contribution in [2.24, 2.45) is 0 Å². The van der Waals surface area contributed by atoms with Crippen LogP contribution in [0.3, 0.4) is 0 Å². The van der Waals surface area contributed by atoms with Crippen LogP contribution in [0.1, 0.15) is 37.7 Å². The van der Waals surface area contributed by atoms with E-state index in [0.717, 1.165) is 84.1 Å². The summed E-state index contributed by atoms with van der Waals surface area (Å²) in [5, 5.41) is 22.6. The summed E-state index contributed by atoms with van der Waals surface area (Å²) in [5.74, 6) is 1.42. The Hall–Kier alpha value is -3.65. The number of rotatable bonds is 8. The van der Waals surface area contributed by atoms with E-state index in [0.29, 0.717) is 47.9 Å². The molecule has 0 unspecified atom stereocenters. The van der Waals surface area contributed by atoms with Crippen molar-refractivity contribution >= 4 is 39.2 Å². The minimum atomic E-state index is 0.0449. The molecule has 218 valence electrons. The van der Waals surface area contributed by atoms with Gasteiger partial charge in [0.05, 0.1) is 35.3 Å². The van der Waals surface area contributed by atoms with Gasteiger partial charge in [0.25, 0.3) is 0 Å². The van der Waals surface area contributed by atoms with Crippen LogP contribution in [0.5, 0.6) is 11.8 Å². The van der Waals surface area contributed by atoms with Crippen LogP contribution in [-0.2, 0) is 0 Å². The first-order valence-corrected chi connectivity index (χ1v) is 15.2. The highest BCUT2D eigenvalue weighted by Gasteiger charge is 2.32. The molecule has 11 heteroatoms. The van der Waals surface area contributed by atoms with Crippen molar-refractivity contribution in [3.63, 3.8) is 0 Å². The first-order valence-electron chi connectivity index (χ1n) is 14.8. The van der Waals surface area contributed by atoms with Crippen LogP contribution < -0.4 is 19.7 Å². The van der Waals surface area contributed by atoms with Gasteiger partial charge in [-0.1, -0.05) is 17.7 Å². The number of halogens is 1. The second-order valence-electron chi connectivity index (χ2n) is 11.7. The van der Waals surface area contributed by atoms with E-state index >= 15 is 0 Å². The number of benzene rings is 2. The van der Waals surface area contributed by atoms with Gasteiger partial charge in [0.15, 0.2) is 5.75 Å². The standard InChI is InChI=1S/C31H35ClN8O2/c1-18-5-8-25-23(15-35-38-25)26(18)27-24(32)14-22-28(29(27)42-21-6-7-21)36-31(41-17-20-4-3-12-39(20)2)37-30(22)40-13-11-34-19(16-40)9-10-33/h5,8,14-15,19-21,34H,3-4,6-7,9,11-13,16-17H2,1-2H3,(H,35,38)/t19-,20-/m0/s1. The molecule has 10 nitrogen and oxygen atoms in total. The number of aryl methyl sites for hydroxylation is 1. The summed E-state index contributed by atoms with van der Waals surface area (Å²) in [4.78, 5) is 14.6. The van der Waals surface area contributed by atoms with Crippen molar-refractivity contribution in [1.82, 2.24) is 30.4 Å². The zero-order valence-electron chi connectivity index (χ0n) is 24.0. The Labute approximate surface area is 250 Å². The van der Waals surface area contributed by atoms with Crippen LogP contribution in [0, 0.1) is 18.3 Å². The summed E-state index contributed by atoms with van der Waals surface area (Å²) in [5.41, 5.74) is 4.49. The number of likely N-dealkylation sites (N-methyl/N-ethyl adjacent to an activating group) is 1. The van der Waals surface area contributed by atoms with Crippen molar-refractivity contribution in [1.29, 1.82) is 5.26 Å². The molecule has 0 spiro atoms. The zero-order chi connectivity index (χ0) is 28.8. The number of fused-ring (bicyclic) bond motifs is 2. The normalized spacial score (nSPS) is 21.2. The lowest BCUT2D eigenvalue weighted by molar-refractivity contribution is 0.188. The highest BCUT2D eigenvalue weighted by atomic mass is 35.5. The van der Waals surface area contributed by atoms with E-state index in [1.165, 1.54) is 0 Å². The number of nitriles is 1. The number of aromatic nitrogens is 4. The summed E-state index contributed by atoms with van der Waals surface area (Å²) in [6.45, 7) is 5.81. The van der Waals surface area contributed by atoms with E-state index in [9.17, 15) is 5.26 Å². The third-order valence-electron chi connectivity index (χ3n) is 8.72. The number of aromatic amines is 1. The fourth-order valence-electron chi connectivity index (χ4n) is 6.26. The average Bonchev–Trinajstić information content (AvgIpc) is 3.51. The number of likely N-dealkylation sites (tertiary alicyclic amines) is 1. The summed E-state index contributed by atoms with van der Waals surface area (Å²) >= 11 is 7.20. The summed E-state index contributed by atoms with van der Waals surface area (Å²) in [7, 11) is 2.14. The first kappa shape index (κ1) is 27.2. The quantitative estimate of drug-likeness (QED) is 0.299. The molecule has 1 aliphatic carbocycles. The number of nitrogens with one attached hydrogen (secondary N) is 2. The van der Waals surface area contributed by atoms with Crippen LogP contribution in [0.2, 0.25) is 5.02 Å². The van der Waals surface area contributed by atoms with Gasteiger partial charge in [-0.05, 0) is 63.9 Å². The molecule has 2 aromatic carbocycles. The molecule has 42 heavy (non-hydrogen) atoms. The molecule has 2 saturated heterocycles. The number of anilines is 1. The Bertz CT molecular complexity index is 1680. The van der Waals surface area contributed by atoms with E-state index < -0.39 is 0 Å². The van der Waals surface area contributed by atoms with Gasteiger partial charge >= 0.3 is 6.01 Å². The first-order chi connectivity index (χ1) is 20.5. The lowest BCUT2D eigenvalue weighted by Crippen LogP contribution is -2.51. The maximum absolute atomic E-state index is 9.37. The fraction of sp³-hybridized carbons (Fsp3) is 0.484. The molecule has 4 heterocycles. The van der Waals surface area contributed by atoms with Gasteiger partial charge in [0, 0.05) is 53.6 Å². The second-order valence-corrected chi connectivity index (χ2v) is 12.1. The van der Waals surface area contributed by atoms with Crippen molar-refractivity contribution in [3.05, 3.63) is 35.0 Å². The van der Waals surface area contributed by atoms with Gasteiger partial charge in [0.1, 0.15) is 17.9 Å². The van der Waals surface area contributed by atoms with Crippen LogP contribution in [0.4, 0.5) is 5.82 Å². The van der Waals surface area contributed by atoms with E-state index in [1.54, 1.807) is 0 Å². The molecule has 3 aliphatic rings. The van der Waals surface area contributed by atoms with Crippen molar-refractivity contribution in [2.45, 2.75) is 57.2 Å². The predicted octanol–water partition coefficient (Wildman–Crippen LogP) is 4.84. The minimum Gasteiger partial charge on any atom is -0.487 e. The largest absolute Gasteiger partial charge is 0.487 e. The number of nitrogens with zero attached hydrogens (tertiary/aromatic N) is 6. The number of ether oxygens (including phenoxy) is 2. The Morgan fingerprint density at radius 2 is 2.02 bits per heavy atom. The van der Waals surface area contributed by atoms with Gasteiger partial charge in [-0.3, -0.25) is 5.10 Å². The van der Waals surface area contributed by atoms with Crippen molar-refractivity contribution in [2.75, 3.05) is 44.7 Å². The monoisotopic (exact) mass is 586 g/mol. The highest BCUT2D eigenvalue weighted by molar-refractivity contribution is 6.35. The molecule has 2 aliphatic heterocycles. The van der Waals surface area contributed by atoms with Crippen molar-refractivity contribution in [3.8, 4) is 29.0 Å². The zero-order valence-corrected chi connectivity index (χ0v) is 24.7. The number of hydrogen-bond donors (Lipinski definition) is 2. The molecule has 2 atom stereocenters. The molecule has 7 rings (SSSR count). The van der Waals surface area contributed by atoms with Crippen molar-refractivity contribution < 1.29 is 9.47 Å². The third kappa shape index (κ3) is 5.10. The summed E-state index contributed by atoms with van der Waals surface area (Å²) in [6, 6.07) is 9.09. The molecule has 4 aromatic rings. The van der Waals surface area contributed by atoms with Crippen LogP contribution in [-0.4, -0.2) is 83.1 Å². The Balaban J connectivity index is 1.42. The molecule has 2 N–H and O–H groups in total. The van der Waals surface area contributed by atoms with Gasteiger partial charge in [0.2, 0.25) is 0 Å². The highest BCUT2D eigenvalue weighted by Crippen LogP contribution is 2.48. The van der Waals surface area contributed by atoms with E-state index in [4.69, 9.17) is 31.0 Å². The SMILES string of the molecule is Cc1ccc2[nH]ncc2c1-c1c(Cl)cc2c(N3CCN[C@@H](CC#N)C3)nc(OC[C@@H]3CCCN3C)nc2c1OC1CC1. The third-order valence-corrected chi connectivity index (χ3v) is 9.02. The minimum absolute atomic E-state index is 0.0449. The lowest BCUT2D eigenvalue weighted by Gasteiger charge is -2.34. The Morgan fingerprint density at radius 3 is 2.81 bits per heavy atom. The number of piperazine rings is 1. The molecule has 0 bridgehead atoms. The molecular weight excluding hydrogens is 552 g/mol. The van der Waals surface area contributed by atoms with Gasteiger partial charge < -0.3 is 24.6 Å². The Kier molecular flexibility index (Phi) is 7.26. The number of H-pyrrole nitrogens is 1. The summed E-state index contributed by atoms with van der Waals surface area (Å²) in [6.07, 6.45) is 6.61. The van der Waals surface area contributed by atoms with E-state index in [-0.39, 0.29) is 12.1 Å². The summed E-state index contributed by atoms with van der Waals surface area (Å²) < 4.78 is 13.0. The number of hydrogen-bond acceptors (Lipinski definition) is 9. The predicted molar refractivity (Wildman–Crippen MR) is 163 cm³/mol. The van der Waals surface area contributed by atoms with Crippen LogP contribution >= 0.6 is 11.6 Å². The van der Waals surface area contributed by atoms with Gasteiger partial charge in [-0.25, -0.2) is 0 Å². The lowest BCUT2D eigenvalue weighted by atomic mass is 9.94. The van der Waals surface area contributed by atoms with Gasteiger partial charge in [-0.2, -0.15) is 20.3 Å². The second kappa shape index (κ2) is 11.2. The smallest absolute Gasteiger partial charge is 0.319 e. The Morgan fingerprint density at radius 1 is 1.14 bits per heavy atom. The van der Waals surface area contributed by atoms with Crippen LogP contribution in [0.25, 0.3) is 32.9 Å². The maximum Gasteiger partial charge on any atom is 0.319 e. The van der Waals surface area contributed by atoms with E-state index in [1.807, 2.05) is 18.3 Å². The maximum atomic E-state index is 9.37. The van der Waals surface area contributed by atoms with Crippen LogP contribution in [0.15, 0.2) is 24.4 Å². The molecule has 0 amide bonds. The molecule has 3 fully saturated rings. The average molecular weight is 587 g/mol. The molecular formula is C31H35ClN8O2. The fourth-order valence-corrected chi connectivity index (χ4v) is 6.55.